The Balaban J connectivity index is 1.57. The van der Waals surface area contributed by atoms with E-state index >= 15 is 0 Å². The molecule has 0 aliphatic carbocycles. The number of hydrogen-bond acceptors (Lipinski definition) is 7. The van der Waals surface area contributed by atoms with Crippen molar-refractivity contribution in [2.24, 2.45) is 5.73 Å². The Morgan fingerprint density at radius 2 is 2.09 bits per heavy atom. The number of benzene rings is 2. The Kier molecular flexibility index (Phi) is 6.17. The van der Waals surface area contributed by atoms with Crippen LogP contribution < -0.4 is 15.4 Å². The summed E-state index contributed by atoms with van der Waals surface area (Å²) in [5, 5.41) is 1.01. The van der Waals surface area contributed by atoms with E-state index in [0.29, 0.717) is 19.7 Å². The monoisotopic (exact) mass is 471 g/mol. The molecule has 0 bridgehead atoms. The van der Waals surface area contributed by atoms with E-state index in [4.69, 9.17) is 19.6 Å². The number of fused-ring (bicyclic) bond motifs is 2. The van der Waals surface area contributed by atoms with E-state index in [1.54, 1.807) is 6.20 Å². The molecule has 2 aromatic heterocycles. The highest BCUT2D eigenvalue weighted by Gasteiger charge is 2.29. The summed E-state index contributed by atoms with van der Waals surface area (Å²) in [6, 6.07) is 16.1. The fourth-order valence-corrected chi connectivity index (χ4v) is 4.68. The number of hydrogen-bond donors (Lipinski definition) is 1. The average molecular weight is 472 g/mol. The molecular formula is C28H29N3O4. The standard InChI is InChI=1S/C28H29N3O4/c1-4-33-26(32)14-19-6-5-7-24-28(19)35-25(16-31(24)3)20-11-21-10-17(2)34-27(21)23(13-20)18-8-9-30-22(12-18)15-29/h5-13,25H,4,14-16,29H2,1-3H3. The quantitative estimate of drug-likeness (QED) is 0.398. The number of anilines is 1. The van der Waals surface area contributed by atoms with Gasteiger partial charge in [0.1, 0.15) is 23.2 Å². The summed E-state index contributed by atoms with van der Waals surface area (Å²) in [7, 11) is 2.04. The van der Waals surface area contributed by atoms with Gasteiger partial charge in [-0.05, 0) is 61.4 Å². The van der Waals surface area contributed by atoms with Gasteiger partial charge in [-0.1, -0.05) is 12.1 Å². The first kappa shape index (κ1) is 22.9. The van der Waals surface area contributed by atoms with Crippen molar-refractivity contribution >= 4 is 22.6 Å². The van der Waals surface area contributed by atoms with Crippen LogP contribution in [0.15, 0.2) is 59.1 Å². The Morgan fingerprint density at radius 1 is 1.23 bits per heavy atom. The number of para-hydroxylation sites is 1. The lowest BCUT2D eigenvalue weighted by atomic mass is 9.96. The maximum Gasteiger partial charge on any atom is 0.310 e. The number of nitrogens with two attached hydrogens (primary N) is 1. The maximum absolute atomic E-state index is 12.2. The Bertz CT molecular complexity index is 1390. The van der Waals surface area contributed by atoms with Gasteiger partial charge in [0.15, 0.2) is 0 Å². The molecule has 1 unspecified atom stereocenters. The highest BCUT2D eigenvalue weighted by molar-refractivity contribution is 5.93. The summed E-state index contributed by atoms with van der Waals surface area (Å²) in [6.45, 7) is 5.14. The molecule has 4 aromatic rings. The zero-order valence-electron chi connectivity index (χ0n) is 20.2. The predicted molar refractivity (Wildman–Crippen MR) is 135 cm³/mol. The van der Waals surface area contributed by atoms with Gasteiger partial charge < -0.3 is 24.5 Å². The first-order valence-corrected chi connectivity index (χ1v) is 11.8. The maximum atomic E-state index is 12.2. The molecule has 2 N–H and O–H groups in total. The van der Waals surface area contributed by atoms with Crippen molar-refractivity contribution in [3.05, 3.63) is 77.3 Å². The molecule has 2 aromatic carbocycles. The van der Waals surface area contributed by atoms with E-state index in [0.717, 1.165) is 56.1 Å². The van der Waals surface area contributed by atoms with E-state index in [2.05, 4.69) is 22.0 Å². The van der Waals surface area contributed by atoms with E-state index in [-0.39, 0.29) is 18.5 Å². The minimum Gasteiger partial charge on any atom is -0.481 e. The zero-order chi connectivity index (χ0) is 24.5. The predicted octanol–water partition coefficient (Wildman–Crippen LogP) is 4.94. The molecule has 7 heteroatoms. The van der Waals surface area contributed by atoms with Gasteiger partial charge in [0, 0.05) is 36.3 Å². The minimum absolute atomic E-state index is 0.168. The van der Waals surface area contributed by atoms with Crippen LogP contribution in [0.5, 0.6) is 5.75 Å². The van der Waals surface area contributed by atoms with Gasteiger partial charge >= 0.3 is 5.97 Å². The molecule has 0 saturated heterocycles. The number of rotatable bonds is 6. The molecule has 1 aliphatic rings. The van der Waals surface area contributed by atoms with Gasteiger partial charge in [-0.15, -0.1) is 0 Å². The molecule has 35 heavy (non-hydrogen) atoms. The van der Waals surface area contributed by atoms with E-state index in [1.165, 1.54) is 0 Å². The Labute approximate surface area is 204 Å². The van der Waals surface area contributed by atoms with Crippen LogP contribution in [0.1, 0.15) is 35.6 Å². The molecule has 180 valence electrons. The van der Waals surface area contributed by atoms with Crippen molar-refractivity contribution < 1.29 is 18.7 Å². The highest BCUT2D eigenvalue weighted by atomic mass is 16.5. The zero-order valence-corrected chi connectivity index (χ0v) is 20.2. The summed E-state index contributed by atoms with van der Waals surface area (Å²) in [6.07, 6.45) is 1.71. The van der Waals surface area contributed by atoms with E-state index < -0.39 is 0 Å². The van der Waals surface area contributed by atoms with Crippen molar-refractivity contribution in [2.45, 2.75) is 32.9 Å². The second-order valence-electron chi connectivity index (χ2n) is 8.82. The van der Waals surface area contributed by atoms with Crippen LogP contribution in [0.4, 0.5) is 5.69 Å². The van der Waals surface area contributed by atoms with Crippen LogP contribution in [0.3, 0.4) is 0 Å². The molecule has 1 atom stereocenters. The van der Waals surface area contributed by atoms with Crippen LogP contribution in [0, 0.1) is 6.92 Å². The third-order valence-corrected chi connectivity index (χ3v) is 6.30. The van der Waals surface area contributed by atoms with Crippen molar-refractivity contribution in [1.29, 1.82) is 0 Å². The van der Waals surface area contributed by atoms with Gasteiger partial charge in [-0.25, -0.2) is 0 Å². The summed E-state index contributed by atoms with van der Waals surface area (Å²) < 4.78 is 17.8. The first-order chi connectivity index (χ1) is 17.0. The third-order valence-electron chi connectivity index (χ3n) is 6.30. The number of nitrogens with zero attached hydrogens (tertiary/aromatic N) is 2. The lowest BCUT2D eigenvalue weighted by Gasteiger charge is -2.35. The molecule has 0 spiro atoms. The summed E-state index contributed by atoms with van der Waals surface area (Å²) in [4.78, 5) is 18.7. The summed E-state index contributed by atoms with van der Waals surface area (Å²) in [5.74, 6) is 1.30. The van der Waals surface area contributed by atoms with Gasteiger partial charge in [0.25, 0.3) is 0 Å². The molecule has 0 fully saturated rings. The molecule has 7 nitrogen and oxygen atoms in total. The second kappa shape index (κ2) is 9.43. The van der Waals surface area contributed by atoms with E-state index in [9.17, 15) is 4.79 Å². The smallest absolute Gasteiger partial charge is 0.310 e. The SMILES string of the molecule is CCOC(=O)Cc1cccc2c1OC(c1cc(-c3ccnc(CN)c3)c3oc(C)cc3c1)CN2C. The van der Waals surface area contributed by atoms with Crippen LogP contribution in [0.2, 0.25) is 0 Å². The minimum atomic E-state index is -0.264. The number of pyridine rings is 1. The summed E-state index contributed by atoms with van der Waals surface area (Å²) in [5.41, 5.74) is 12.3. The van der Waals surface area contributed by atoms with Crippen molar-refractivity contribution in [2.75, 3.05) is 25.1 Å². The lowest BCUT2D eigenvalue weighted by molar-refractivity contribution is -0.142. The van der Waals surface area contributed by atoms with Gasteiger partial charge in [-0.2, -0.15) is 0 Å². The fourth-order valence-electron chi connectivity index (χ4n) is 4.68. The highest BCUT2D eigenvalue weighted by Crippen LogP contribution is 2.42. The largest absolute Gasteiger partial charge is 0.481 e. The molecule has 5 rings (SSSR count). The second-order valence-corrected chi connectivity index (χ2v) is 8.82. The number of aryl methyl sites for hydroxylation is 1. The number of furan rings is 1. The normalized spacial score (nSPS) is 15.1. The van der Waals surface area contributed by atoms with Crippen molar-refractivity contribution in [3.8, 4) is 16.9 Å². The van der Waals surface area contributed by atoms with Crippen molar-refractivity contribution in [3.63, 3.8) is 0 Å². The Morgan fingerprint density at radius 3 is 2.89 bits per heavy atom. The molecule has 0 saturated carbocycles. The first-order valence-electron chi connectivity index (χ1n) is 11.8. The molecular weight excluding hydrogens is 442 g/mol. The number of aromatic nitrogens is 1. The van der Waals surface area contributed by atoms with Gasteiger partial charge in [-0.3, -0.25) is 9.78 Å². The number of likely N-dealkylation sites (N-methyl/N-ethyl adjacent to an activating group) is 1. The van der Waals surface area contributed by atoms with E-state index in [1.807, 2.05) is 57.3 Å². The van der Waals surface area contributed by atoms with Gasteiger partial charge in [0.2, 0.25) is 0 Å². The molecule has 0 amide bonds. The average Bonchev–Trinajstić information content (AvgIpc) is 3.24. The van der Waals surface area contributed by atoms with Crippen LogP contribution in [-0.4, -0.2) is 31.2 Å². The topological polar surface area (TPSA) is 90.8 Å². The van der Waals surface area contributed by atoms with Crippen LogP contribution in [-0.2, 0) is 22.5 Å². The summed E-state index contributed by atoms with van der Waals surface area (Å²) >= 11 is 0. The molecule has 0 radical (unpaired) electrons. The van der Waals surface area contributed by atoms with Crippen LogP contribution in [0.25, 0.3) is 22.1 Å². The van der Waals surface area contributed by atoms with Crippen LogP contribution >= 0.6 is 0 Å². The third kappa shape index (κ3) is 4.47. The Hall–Kier alpha value is -3.84. The van der Waals surface area contributed by atoms with Crippen molar-refractivity contribution in [1.82, 2.24) is 4.98 Å². The molecule has 1 aliphatic heterocycles. The lowest BCUT2D eigenvalue weighted by Crippen LogP contribution is -2.32. The number of carbonyl (C=O) groups is 1. The fraction of sp³-hybridized carbons (Fsp3) is 0.286. The number of carbonyl (C=O) groups excluding carboxylic acids is 1. The van der Waals surface area contributed by atoms with Gasteiger partial charge in [0.05, 0.1) is 31.0 Å². The number of ether oxygens (including phenoxy) is 2. The number of esters is 1. The molecule has 3 heterocycles.